The molecule has 24 heavy (non-hydrogen) atoms. The number of fused-ring (bicyclic) bond motifs is 1. The Morgan fingerprint density at radius 3 is 2.42 bits per heavy atom. The van der Waals surface area contributed by atoms with Crippen LogP contribution in [0.4, 0.5) is 0 Å². The van der Waals surface area contributed by atoms with E-state index in [0.717, 1.165) is 30.3 Å². The number of Topliss-reactive ketones (excluding diaryl/α,β-unsaturated/α-hetero) is 1. The zero-order valence-electron chi connectivity index (χ0n) is 14.2. The molecule has 3 nitrogen and oxygen atoms in total. The van der Waals surface area contributed by atoms with Crippen LogP contribution in [0.5, 0.6) is 0 Å². The average Bonchev–Trinajstić information content (AvgIpc) is 2.86. The van der Waals surface area contributed by atoms with Crippen LogP contribution in [-0.4, -0.2) is 10.4 Å². The Kier molecular flexibility index (Phi) is 6.32. The topological polar surface area (TPSA) is 25.9 Å². The standard InChI is InChI=1S/C20H23N2O.BrH/c1-3-4-14-20-21(2)17-12-8-9-13-18(17)22(20)15-19(23)16-10-6-5-7-11-16;/h5-13H,3-4,14-15H2,1-2H3;1H/q+1;/p-1. The highest BCUT2D eigenvalue weighted by atomic mass is 79.9. The summed E-state index contributed by atoms with van der Waals surface area (Å²) in [4.78, 5) is 12.7. The van der Waals surface area contributed by atoms with Crippen LogP contribution in [0.25, 0.3) is 11.0 Å². The van der Waals surface area contributed by atoms with Gasteiger partial charge in [0.05, 0.1) is 7.05 Å². The molecule has 0 spiro atoms. The van der Waals surface area contributed by atoms with Crippen molar-refractivity contribution in [2.45, 2.75) is 32.7 Å². The lowest BCUT2D eigenvalue weighted by molar-refractivity contribution is -0.654. The lowest BCUT2D eigenvalue weighted by atomic mass is 10.1. The molecule has 0 N–H and O–H groups in total. The summed E-state index contributed by atoms with van der Waals surface area (Å²) in [5.41, 5.74) is 3.08. The third-order valence-corrected chi connectivity index (χ3v) is 4.38. The van der Waals surface area contributed by atoms with Crippen molar-refractivity contribution < 1.29 is 26.3 Å². The summed E-state index contributed by atoms with van der Waals surface area (Å²) < 4.78 is 4.41. The van der Waals surface area contributed by atoms with Gasteiger partial charge in [0.1, 0.15) is 0 Å². The average molecular weight is 387 g/mol. The Morgan fingerprint density at radius 2 is 1.71 bits per heavy atom. The van der Waals surface area contributed by atoms with Gasteiger partial charge in [0.2, 0.25) is 5.78 Å². The fraction of sp³-hybridized carbons (Fsp3) is 0.300. The number of benzene rings is 2. The molecule has 0 bridgehead atoms. The van der Waals surface area contributed by atoms with Crippen molar-refractivity contribution in [2.75, 3.05) is 0 Å². The van der Waals surface area contributed by atoms with Crippen LogP contribution in [0.15, 0.2) is 54.6 Å². The molecule has 0 aliphatic heterocycles. The summed E-state index contributed by atoms with van der Waals surface area (Å²) in [6.07, 6.45) is 3.27. The van der Waals surface area contributed by atoms with Gasteiger partial charge in [0.15, 0.2) is 17.6 Å². The highest BCUT2D eigenvalue weighted by molar-refractivity contribution is 5.96. The number of aryl methyl sites for hydroxylation is 1. The quantitative estimate of drug-likeness (QED) is 0.452. The largest absolute Gasteiger partial charge is 1.00 e. The molecule has 3 aromatic rings. The number of aromatic nitrogens is 2. The Bertz CT molecular complexity index is 824. The molecule has 0 saturated heterocycles. The maximum absolute atomic E-state index is 12.7. The first-order chi connectivity index (χ1) is 11.2. The molecule has 1 aromatic heterocycles. The number of halogens is 1. The Hall–Kier alpha value is -1.94. The summed E-state index contributed by atoms with van der Waals surface area (Å²) >= 11 is 0. The van der Waals surface area contributed by atoms with Crippen LogP contribution in [0.2, 0.25) is 0 Å². The Labute approximate surface area is 153 Å². The SMILES string of the molecule is CCCCc1n(CC(=O)c2ccccc2)c2ccccc2[n+]1C.[Br-]. The first-order valence-electron chi connectivity index (χ1n) is 8.26. The normalized spacial score (nSPS) is 10.6. The molecular weight excluding hydrogens is 364 g/mol. The minimum atomic E-state index is 0. The number of hydrogen-bond donors (Lipinski definition) is 0. The zero-order valence-corrected chi connectivity index (χ0v) is 15.8. The van der Waals surface area contributed by atoms with Crippen molar-refractivity contribution in [1.29, 1.82) is 0 Å². The van der Waals surface area contributed by atoms with Crippen LogP contribution in [0.1, 0.15) is 35.9 Å². The molecule has 4 heteroatoms. The number of ketones is 1. The molecule has 0 amide bonds. The zero-order chi connectivity index (χ0) is 16.2. The van der Waals surface area contributed by atoms with Crippen LogP contribution in [0.3, 0.4) is 0 Å². The van der Waals surface area contributed by atoms with E-state index < -0.39 is 0 Å². The monoisotopic (exact) mass is 386 g/mol. The predicted molar refractivity (Wildman–Crippen MR) is 92.5 cm³/mol. The number of unbranched alkanes of at least 4 members (excludes halogenated alkanes) is 1. The molecule has 126 valence electrons. The van der Waals surface area contributed by atoms with Gasteiger partial charge >= 0.3 is 0 Å². The predicted octanol–water partition coefficient (Wildman–Crippen LogP) is 0.695. The molecule has 0 aliphatic carbocycles. The highest BCUT2D eigenvalue weighted by Crippen LogP contribution is 2.17. The van der Waals surface area contributed by atoms with Gasteiger partial charge < -0.3 is 17.0 Å². The van der Waals surface area contributed by atoms with E-state index >= 15 is 0 Å². The maximum Gasteiger partial charge on any atom is 0.257 e. The summed E-state index contributed by atoms with van der Waals surface area (Å²) in [7, 11) is 2.09. The molecule has 0 unspecified atom stereocenters. The van der Waals surface area contributed by atoms with Crippen molar-refractivity contribution in [1.82, 2.24) is 4.57 Å². The van der Waals surface area contributed by atoms with Crippen molar-refractivity contribution >= 4 is 16.8 Å². The van der Waals surface area contributed by atoms with Crippen LogP contribution in [-0.2, 0) is 20.0 Å². The number of carbonyl (C=O) groups excluding carboxylic acids is 1. The molecule has 0 fully saturated rings. The van der Waals surface area contributed by atoms with Crippen molar-refractivity contribution in [3.8, 4) is 0 Å². The van der Waals surface area contributed by atoms with E-state index in [2.05, 4.69) is 41.3 Å². The fourth-order valence-electron chi connectivity index (χ4n) is 3.11. The first-order valence-corrected chi connectivity index (χ1v) is 8.26. The van der Waals surface area contributed by atoms with E-state index in [-0.39, 0.29) is 22.8 Å². The van der Waals surface area contributed by atoms with Crippen molar-refractivity contribution in [2.24, 2.45) is 7.05 Å². The number of hydrogen-bond acceptors (Lipinski definition) is 1. The van der Waals surface area contributed by atoms with Gasteiger partial charge in [-0.15, -0.1) is 0 Å². The van der Waals surface area contributed by atoms with Gasteiger partial charge in [0.25, 0.3) is 5.82 Å². The van der Waals surface area contributed by atoms with E-state index in [0.29, 0.717) is 6.54 Å². The molecule has 0 aliphatic rings. The molecule has 2 aromatic carbocycles. The number of carbonyl (C=O) groups is 1. The van der Waals surface area contributed by atoms with E-state index in [1.165, 1.54) is 11.3 Å². The second-order valence-corrected chi connectivity index (χ2v) is 5.94. The first kappa shape index (κ1) is 18.4. The van der Waals surface area contributed by atoms with E-state index in [9.17, 15) is 4.79 Å². The van der Waals surface area contributed by atoms with Gasteiger partial charge in [-0.2, -0.15) is 0 Å². The molecule has 1 heterocycles. The lowest BCUT2D eigenvalue weighted by Gasteiger charge is -2.03. The molecule has 0 saturated carbocycles. The minimum absolute atomic E-state index is 0. The van der Waals surface area contributed by atoms with Gasteiger partial charge in [0, 0.05) is 12.0 Å². The Balaban J connectivity index is 0.00000208. The maximum atomic E-state index is 12.7. The van der Waals surface area contributed by atoms with Crippen LogP contribution < -0.4 is 21.5 Å². The smallest absolute Gasteiger partial charge is 0.257 e. The highest BCUT2D eigenvalue weighted by Gasteiger charge is 2.24. The fourth-order valence-corrected chi connectivity index (χ4v) is 3.11. The van der Waals surface area contributed by atoms with Gasteiger partial charge in [-0.3, -0.25) is 4.79 Å². The number of nitrogens with zero attached hydrogens (tertiary/aromatic N) is 2. The lowest BCUT2D eigenvalue weighted by Crippen LogP contribution is -3.00. The number of rotatable bonds is 6. The van der Waals surface area contributed by atoms with E-state index in [1.54, 1.807) is 0 Å². The molecule has 0 atom stereocenters. The van der Waals surface area contributed by atoms with E-state index in [1.807, 2.05) is 36.4 Å². The van der Waals surface area contributed by atoms with Gasteiger partial charge in [-0.1, -0.05) is 55.8 Å². The summed E-state index contributed by atoms with van der Waals surface area (Å²) in [6.45, 7) is 2.59. The Morgan fingerprint density at radius 1 is 1.04 bits per heavy atom. The van der Waals surface area contributed by atoms with Crippen LogP contribution >= 0.6 is 0 Å². The van der Waals surface area contributed by atoms with Gasteiger partial charge in [-0.25, -0.2) is 9.13 Å². The summed E-state index contributed by atoms with van der Waals surface area (Å²) in [5, 5.41) is 0. The second-order valence-electron chi connectivity index (χ2n) is 5.94. The van der Waals surface area contributed by atoms with Crippen molar-refractivity contribution in [3.05, 3.63) is 66.0 Å². The van der Waals surface area contributed by atoms with Crippen LogP contribution in [0, 0.1) is 0 Å². The summed E-state index contributed by atoms with van der Waals surface area (Å²) in [6, 6.07) is 17.9. The van der Waals surface area contributed by atoms with Gasteiger partial charge in [-0.05, 0) is 18.6 Å². The summed E-state index contributed by atoms with van der Waals surface area (Å²) in [5.74, 6) is 1.38. The second kappa shape index (κ2) is 8.25. The number of para-hydroxylation sites is 2. The molecule has 3 rings (SSSR count). The molecule has 0 radical (unpaired) electrons. The number of imidazole rings is 1. The van der Waals surface area contributed by atoms with E-state index in [4.69, 9.17) is 0 Å². The third kappa shape index (κ3) is 3.59. The minimum Gasteiger partial charge on any atom is -1.00 e. The van der Waals surface area contributed by atoms with Crippen molar-refractivity contribution in [3.63, 3.8) is 0 Å². The third-order valence-electron chi connectivity index (χ3n) is 4.38. The molecular formula is C20H23BrN2O.